The van der Waals surface area contributed by atoms with Crippen molar-refractivity contribution in [2.75, 3.05) is 5.75 Å². The third kappa shape index (κ3) is 5.06. The predicted octanol–water partition coefficient (Wildman–Crippen LogP) is 2.18. The number of carbonyl (C=O) groups excluding carboxylic acids is 1. The summed E-state index contributed by atoms with van der Waals surface area (Å²) in [7, 11) is -3.21. The highest BCUT2D eigenvalue weighted by molar-refractivity contribution is 7.92. The highest BCUT2D eigenvalue weighted by atomic mass is 32.2. The van der Waals surface area contributed by atoms with Crippen LogP contribution in [-0.2, 0) is 19.4 Å². The summed E-state index contributed by atoms with van der Waals surface area (Å²) < 4.78 is 29.0. The zero-order valence-electron chi connectivity index (χ0n) is 11.6. The highest BCUT2D eigenvalue weighted by Gasteiger charge is 2.35. The fourth-order valence-corrected chi connectivity index (χ4v) is 2.58. The lowest BCUT2D eigenvalue weighted by Crippen LogP contribution is -2.40. The predicted molar refractivity (Wildman–Crippen MR) is 68.5 cm³/mol. The lowest BCUT2D eigenvalue weighted by atomic mass is 9.84. The van der Waals surface area contributed by atoms with Crippen LogP contribution in [-0.4, -0.2) is 31.5 Å². The van der Waals surface area contributed by atoms with Crippen molar-refractivity contribution in [1.82, 2.24) is 0 Å². The molecule has 0 N–H and O–H groups in total. The van der Waals surface area contributed by atoms with Gasteiger partial charge in [-0.3, -0.25) is 4.79 Å². The minimum absolute atomic E-state index is 0.106. The van der Waals surface area contributed by atoms with Gasteiger partial charge in [-0.2, -0.15) is 0 Å². The Balaban J connectivity index is 5.03. The number of rotatable bonds is 6. The maximum atomic E-state index is 11.9. The third-order valence-electron chi connectivity index (χ3n) is 3.19. The van der Waals surface area contributed by atoms with Crippen molar-refractivity contribution in [3.8, 4) is 0 Å². The second-order valence-corrected chi connectivity index (χ2v) is 7.92. The first-order valence-electron chi connectivity index (χ1n) is 5.91. The van der Waals surface area contributed by atoms with E-state index in [1.807, 2.05) is 20.8 Å². The summed E-state index contributed by atoms with van der Waals surface area (Å²) in [5.74, 6) is -0.541. The molecule has 0 saturated carbocycles. The van der Waals surface area contributed by atoms with E-state index in [9.17, 15) is 13.2 Å². The molecule has 0 saturated heterocycles. The van der Waals surface area contributed by atoms with Crippen molar-refractivity contribution in [3.63, 3.8) is 0 Å². The first-order valence-corrected chi connectivity index (χ1v) is 7.63. The molecule has 1 unspecified atom stereocenters. The molecule has 4 nitrogen and oxygen atoms in total. The Kier molecular flexibility index (Phi) is 5.65. The van der Waals surface area contributed by atoms with Crippen molar-refractivity contribution >= 4 is 15.8 Å². The van der Waals surface area contributed by atoms with Gasteiger partial charge < -0.3 is 4.74 Å². The monoisotopic (exact) mass is 264 g/mol. The molecular formula is C12H24O4S. The summed E-state index contributed by atoms with van der Waals surface area (Å²) in [6.07, 6.45) is 0.163. The molecule has 0 rings (SSSR count). The van der Waals surface area contributed by atoms with Gasteiger partial charge in [-0.15, -0.1) is 0 Å². The Bertz CT molecular complexity index is 355. The summed E-state index contributed by atoms with van der Waals surface area (Å²) in [5.41, 5.74) is -0.340. The van der Waals surface area contributed by atoms with Crippen LogP contribution in [0.15, 0.2) is 0 Å². The van der Waals surface area contributed by atoms with E-state index in [-0.39, 0.29) is 11.2 Å². The zero-order chi connectivity index (χ0) is 13.9. The lowest BCUT2D eigenvalue weighted by Gasteiger charge is -2.32. The van der Waals surface area contributed by atoms with Crippen LogP contribution >= 0.6 is 0 Å². The van der Waals surface area contributed by atoms with Gasteiger partial charge in [0.05, 0.1) is 11.0 Å². The first-order chi connectivity index (χ1) is 7.53. The topological polar surface area (TPSA) is 60.4 Å². The van der Waals surface area contributed by atoms with Crippen molar-refractivity contribution in [2.24, 2.45) is 5.41 Å². The Morgan fingerprint density at radius 3 is 2.06 bits per heavy atom. The summed E-state index contributed by atoms with van der Waals surface area (Å²) in [6.45, 7) is 10.4. The molecule has 0 aliphatic rings. The average Bonchev–Trinajstić information content (AvgIpc) is 2.15. The van der Waals surface area contributed by atoms with E-state index in [1.54, 1.807) is 13.8 Å². The number of carbonyl (C=O) groups is 1. The van der Waals surface area contributed by atoms with Crippen LogP contribution in [0.1, 0.15) is 48.0 Å². The Hall–Kier alpha value is -0.580. The van der Waals surface area contributed by atoms with E-state index in [4.69, 9.17) is 4.74 Å². The fraction of sp³-hybridized carbons (Fsp3) is 0.917. The molecule has 102 valence electrons. The van der Waals surface area contributed by atoms with Gasteiger partial charge in [0.2, 0.25) is 0 Å². The maximum absolute atomic E-state index is 11.9. The summed E-state index contributed by atoms with van der Waals surface area (Å²) >= 11 is 0. The Morgan fingerprint density at radius 1 is 1.29 bits per heavy atom. The number of sulfone groups is 1. The second kappa shape index (κ2) is 5.85. The van der Waals surface area contributed by atoms with E-state index in [0.29, 0.717) is 0 Å². The number of ether oxygens (including phenoxy) is 1. The molecule has 17 heavy (non-hydrogen) atoms. The molecule has 0 heterocycles. The molecule has 1 atom stereocenters. The van der Waals surface area contributed by atoms with Crippen molar-refractivity contribution in [2.45, 2.75) is 59.3 Å². The highest BCUT2D eigenvalue weighted by Crippen LogP contribution is 2.29. The molecule has 0 aromatic heterocycles. The molecule has 0 amide bonds. The molecule has 0 spiro atoms. The minimum Gasteiger partial charge on any atom is -0.461 e. The van der Waals surface area contributed by atoms with E-state index in [0.717, 1.165) is 6.42 Å². The molecule has 0 aromatic rings. The molecule has 0 fully saturated rings. The molecule has 0 bridgehead atoms. The van der Waals surface area contributed by atoms with Gasteiger partial charge in [0.1, 0.15) is 6.10 Å². The fourth-order valence-electron chi connectivity index (χ4n) is 1.25. The minimum atomic E-state index is -3.21. The smallest absolute Gasteiger partial charge is 0.302 e. The van der Waals surface area contributed by atoms with Gasteiger partial charge in [-0.05, 0) is 20.3 Å². The van der Waals surface area contributed by atoms with Crippen LogP contribution in [0, 0.1) is 5.41 Å². The van der Waals surface area contributed by atoms with Gasteiger partial charge in [0.15, 0.2) is 9.84 Å². The van der Waals surface area contributed by atoms with Crippen LogP contribution in [0.3, 0.4) is 0 Å². The van der Waals surface area contributed by atoms with E-state index in [2.05, 4.69) is 0 Å². The molecule has 0 aliphatic carbocycles. The van der Waals surface area contributed by atoms with Crippen molar-refractivity contribution < 1.29 is 17.9 Å². The number of hydrogen-bond donors (Lipinski definition) is 0. The summed E-state index contributed by atoms with van der Waals surface area (Å²) in [6, 6.07) is 0. The number of esters is 1. The zero-order valence-corrected chi connectivity index (χ0v) is 12.4. The van der Waals surface area contributed by atoms with Gasteiger partial charge in [0.25, 0.3) is 0 Å². The summed E-state index contributed by atoms with van der Waals surface area (Å²) in [5, 5.41) is -0.451. The normalized spacial score (nSPS) is 14.8. The van der Waals surface area contributed by atoms with Crippen LogP contribution in [0.4, 0.5) is 0 Å². The Labute approximate surface area is 105 Å². The molecule has 0 radical (unpaired) electrons. The van der Waals surface area contributed by atoms with Gasteiger partial charge in [0, 0.05) is 12.3 Å². The summed E-state index contributed by atoms with van der Waals surface area (Å²) in [4.78, 5) is 11.1. The first kappa shape index (κ1) is 16.4. The van der Waals surface area contributed by atoms with Crippen LogP contribution in [0.25, 0.3) is 0 Å². The third-order valence-corrected chi connectivity index (χ3v) is 5.40. The molecular weight excluding hydrogens is 240 g/mol. The van der Waals surface area contributed by atoms with Crippen molar-refractivity contribution in [1.29, 1.82) is 0 Å². The molecule has 0 aromatic carbocycles. The molecule has 5 heteroatoms. The quantitative estimate of drug-likeness (QED) is 0.690. The SMILES string of the molecule is CCC(C)(C)C(CS(=O)(=O)C(C)C)OC(C)=O. The number of hydrogen-bond acceptors (Lipinski definition) is 4. The van der Waals surface area contributed by atoms with E-state index in [1.165, 1.54) is 6.92 Å². The largest absolute Gasteiger partial charge is 0.461 e. The van der Waals surface area contributed by atoms with Gasteiger partial charge in [-0.1, -0.05) is 20.8 Å². The van der Waals surface area contributed by atoms with Crippen LogP contribution in [0.2, 0.25) is 0 Å². The van der Waals surface area contributed by atoms with E-state index < -0.39 is 27.2 Å². The Morgan fingerprint density at radius 2 is 1.76 bits per heavy atom. The standard InChI is InChI=1S/C12H24O4S/c1-7-12(5,6)11(16-10(4)13)8-17(14,15)9(2)3/h9,11H,7-8H2,1-6H3. The van der Waals surface area contributed by atoms with E-state index >= 15 is 0 Å². The van der Waals surface area contributed by atoms with Gasteiger partial charge >= 0.3 is 5.97 Å². The molecule has 0 aliphatic heterocycles. The lowest BCUT2D eigenvalue weighted by molar-refractivity contribution is -0.150. The van der Waals surface area contributed by atoms with Crippen molar-refractivity contribution in [3.05, 3.63) is 0 Å². The van der Waals surface area contributed by atoms with Crippen LogP contribution < -0.4 is 0 Å². The maximum Gasteiger partial charge on any atom is 0.302 e. The van der Waals surface area contributed by atoms with Gasteiger partial charge in [-0.25, -0.2) is 8.42 Å². The van der Waals surface area contributed by atoms with Crippen LogP contribution in [0.5, 0.6) is 0 Å². The second-order valence-electron chi connectivity index (χ2n) is 5.32. The average molecular weight is 264 g/mol.